The lowest BCUT2D eigenvalue weighted by molar-refractivity contribution is -0.138. The van der Waals surface area contributed by atoms with E-state index in [1.807, 2.05) is 50.2 Å². The van der Waals surface area contributed by atoms with Crippen LogP contribution in [0.15, 0.2) is 48.5 Å². The number of fused-ring (bicyclic) bond motifs is 3. The van der Waals surface area contributed by atoms with Crippen LogP contribution in [0.25, 0.3) is 11.1 Å². The molecule has 0 aromatic heterocycles. The predicted molar refractivity (Wildman–Crippen MR) is 123 cm³/mol. The van der Waals surface area contributed by atoms with E-state index in [0.29, 0.717) is 0 Å². The number of ether oxygens (including phenoxy) is 2. The van der Waals surface area contributed by atoms with E-state index in [2.05, 4.69) is 22.8 Å². The first-order valence-electron chi connectivity index (χ1n) is 10.9. The van der Waals surface area contributed by atoms with Crippen molar-refractivity contribution in [3.05, 3.63) is 59.7 Å². The highest BCUT2D eigenvalue weighted by Crippen LogP contribution is 2.44. The zero-order valence-electron chi connectivity index (χ0n) is 19.0. The topological polar surface area (TPSA) is 114 Å². The Morgan fingerprint density at radius 3 is 2.06 bits per heavy atom. The second-order valence-electron chi connectivity index (χ2n) is 8.43. The average Bonchev–Trinajstić information content (AvgIpc) is 3.10. The highest BCUT2D eigenvalue weighted by atomic mass is 16.5. The number of hydrogen-bond acceptors (Lipinski definition) is 5. The SMILES string of the molecule is COCC(NC(=O)OCC1c2ccccc2-c2ccccc21)C(=O)N[C@H](CC(=O)O)C(C)C. The predicted octanol–water partition coefficient (Wildman–Crippen LogP) is 3.16. The van der Waals surface area contributed by atoms with Gasteiger partial charge in [-0.05, 0) is 28.2 Å². The third-order valence-electron chi connectivity index (χ3n) is 5.81. The molecular weight excluding hydrogens is 424 g/mol. The second kappa shape index (κ2) is 11.0. The molecule has 1 aliphatic rings. The fourth-order valence-corrected chi connectivity index (χ4v) is 4.06. The van der Waals surface area contributed by atoms with Crippen molar-refractivity contribution in [1.82, 2.24) is 10.6 Å². The van der Waals surface area contributed by atoms with Crippen LogP contribution in [0.2, 0.25) is 0 Å². The molecule has 0 radical (unpaired) electrons. The van der Waals surface area contributed by atoms with E-state index in [0.717, 1.165) is 22.3 Å². The molecule has 0 bridgehead atoms. The highest BCUT2D eigenvalue weighted by Gasteiger charge is 2.30. The maximum Gasteiger partial charge on any atom is 0.407 e. The van der Waals surface area contributed by atoms with Crippen molar-refractivity contribution < 1.29 is 29.0 Å². The van der Waals surface area contributed by atoms with Crippen molar-refractivity contribution in [3.8, 4) is 11.1 Å². The zero-order valence-corrected chi connectivity index (χ0v) is 19.0. The third-order valence-corrected chi connectivity index (χ3v) is 5.81. The lowest BCUT2D eigenvalue weighted by Gasteiger charge is -2.24. The van der Waals surface area contributed by atoms with E-state index in [9.17, 15) is 14.4 Å². The molecule has 2 aromatic carbocycles. The standard InChI is InChI=1S/C25H30N2O6/c1-15(2)21(12-23(28)29)26-24(30)22(14-32-3)27-25(31)33-13-20-18-10-6-4-8-16(18)17-9-5-7-11-19(17)20/h4-11,15,20-22H,12-14H2,1-3H3,(H,26,30)(H,27,31)(H,28,29)/t21-,22?/m1/s1. The molecule has 0 fully saturated rings. The number of benzene rings is 2. The Kier molecular flexibility index (Phi) is 8.06. The van der Waals surface area contributed by atoms with Crippen molar-refractivity contribution in [3.63, 3.8) is 0 Å². The summed E-state index contributed by atoms with van der Waals surface area (Å²) in [7, 11) is 1.41. The van der Waals surface area contributed by atoms with Crippen LogP contribution in [-0.4, -0.2) is 55.5 Å². The van der Waals surface area contributed by atoms with Crippen LogP contribution in [0, 0.1) is 5.92 Å². The summed E-state index contributed by atoms with van der Waals surface area (Å²) < 4.78 is 10.6. The number of carbonyl (C=O) groups is 3. The van der Waals surface area contributed by atoms with Crippen molar-refractivity contribution >= 4 is 18.0 Å². The molecule has 3 rings (SSSR count). The summed E-state index contributed by atoms with van der Waals surface area (Å²) >= 11 is 0. The first-order valence-corrected chi connectivity index (χ1v) is 10.9. The van der Waals surface area contributed by atoms with Crippen molar-refractivity contribution in [1.29, 1.82) is 0 Å². The number of rotatable bonds is 10. The summed E-state index contributed by atoms with van der Waals surface area (Å²) in [4.78, 5) is 36.3. The summed E-state index contributed by atoms with van der Waals surface area (Å²) in [6.07, 6.45) is -0.956. The molecule has 176 valence electrons. The van der Waals surface area contributed by atoms with Gasteiger partial charge in [0, 0.05) is 19.1 Å². The number of aliphatic carboxylic acids is 1. The number of nitrogens with one attached hydrogen (secondary N) is 2. The number of hydrogen-bond donors (Lipinski definition) is 3. The molecule has 2 atom stereocenters. The van der Waals surface area contributed by atoms with Crippen molar-refractivity contribution in [2.24, 2.45) is 5.92 Å². The minimum atomic E-state index is -1.01. The summed E-state index contributed by atoms with van der Waals surface area (Å²) in [6, 6.07) is 14.4. The van der Waals surface area contributed by atoms with E-state index in [4.69, 9.17) is 14.6 Å². The Labute approximate surface area is 193 Å². The molecule has 0 spiro atoms. The van der Waals surface area contributed by atoms with Crippen LogP contribution in [0.1, 0.15) is 37.3 Å². The molecule has 8 nitrogen and oxygen atoms in total. The highest BCUT2D eigenvalue weighted by molar-refractivity contribution is 5.86. The Hall–Kier alpha value is -3.39. The largest absolute Gasteiger partial charge is 0.481 e. The van der Waals surface area contributed by atoms with Crippen molar-refractivity contribution in [2.45, 2.75) is 38.3 Å². The molecule has 0 heterocycles. The van der Waals surface area contributed by atoms with Gasteiger partial charge in [0.15, 0.2) is 0 Å². The Morgan fingerprint density at radius 1 is 0.970 bits per heavy atom. The maximum absolute atomic E-state index is 12.7. The summed E-state index contributed by atoms with van der Waals surface area (Å²) in [5.41, 5.74) is 4.42. The van der Waals surface area contributed by atoms with Crippen LogP contribution in [0.3, 0.4) is 0 Å². The molecule has 3 N–H and O–H groups in total. The molecule has 0 saturated heterocycles. The van der Waals surface area contributed by atoms with E-state index in [1.165, 1.54) is 7.11 Å². The number of alkyl carbamates (subject to hydrolysis) is 1. The van der Waals surface area contributed by atoms with Crippen molar-refractivity contribution in [2.75, 3.05) is 20.3 Å². The van der Waals surface area contributed by atoms with Crippen LogP contribution >= 0.6 is 0 Å². The summed E-state index contributed by atoms with van der Waals surface area (Å²) in [6.45, 7) is 3.68. The smallest absolute Gasteiger partial charge is 0.407 e. The van der Waals surface area contributed by atoms with Gasteiger partial charge >= 0.3 is 12.1 Å². The molecule has 0 saturated carbocycles. The number of amides is 2. The van der Waals surface area contributed by atoms with Crippen LogP contribution in [-0.2, 0) is 19.1 Å². The monoisotopic (exact) mass is 454 g/mol. The van der Waals surface area contributed by atoms with E-state index < -0.39 is 30.1 Å². The van der Waals surface area contributed by atoms with Gasteiger partial charge in [0.1, 0.15) is 12.6 Å². The van der Waals surface area contributed by atoms with Gasteiger partial charge in [-0.15, -0.1) is 0 Å². The number of carbonyl (C=O) groups excluding carboxylic acids is 2. The zero-order chi connectivity index (χ0) is 24.0. The molecule has 2 aromatic rings. The fraction of sp³-hybridized carbons (Fsp3) is 0.400. The van der Waals surface area contributed by atoms with Crippen LogP contribution in [0.4, 0.5) is 4.79 Å². The van der Waals surface area contributed by atoms with Crippen LogP contribution < -0.4 is 10.6 Å². The van der Waals surface area contributed by atoms with E-state index in [-0.39, 0.29) is 31.5 Å². The molecule has 33 heavy (non-hydrogen) atoms. The first-order chi connectivity index (χ1) is 15.8. The van der Waals surface area contributed by atoms with Gasteiger partial charge in [-0.2, -0.15) is 0 Å². The third kappa shape index (κ3) is 5.90. The number of methoxy groups -OCH3 is 1. The van der Waals surface area contributed by atoms with E-state index in [1.54, 1.807) is 0 Å². The molecule has 2 amide bonds. The summed E-state index contributed by atoms with van der Waals surface area (Å²) in [5, 5.41) is 14.3. The molecule has 1 aliphatic carbocycles. The van der Waals surface area contributed by atoms with Gasteiger partial charge in [0.05, 0.1) is 13.0 Å². The normalized spacial score (nSPS) is 14.2. The van der Waals surface area contributed by atoms with Crippen LogP contribution in [0.5, 0.6) is 0 Å². The molecule has 0 aliphatic heterocycles. The maximum atomic E-state index is 12.7. The Balaban J connectivity index is 1.64. The number of carboxylic acids is 1. The fourth-order valence-electron chi connectivity index (χ4n) is 4.06. The summed E-state index contributed by atoms with van der Waals surface area (Å²) in [5.74, 6) is -1.73. The minimum absolute atomic E-state index is 0.0755. The Morgan fingerprint density at radius 2 is 1.55 bits per heavy atom. The second-order valence-corrected chi connectivity index (χ2v) is 8.43. The molecule has 8 heteroatoms. The minimum Gasteiger partial charge on any atom is -0.481 e. The number of carboxylic acid groups (broad SMARTS) is 1. The van der Waals surface area contributed by atoms with Gasteiger partial charge in [0.25, 0.3) is 0 Å². The lowest BCUT2D eigenvalue weighted by atomic mass is 9.98. The van der Waals surface area contributed by atoms with Gasteiger partial charge < -0.3 is 25.2 Å². The van der Waals surface area contributed by atoms with Gasteiger partial charge in [-0.25, -0.2) is 4.79 Å². The molecular formula is C25H30N2O6. The van der Waals surface area contributed by atoms with Gasteiger partial charge in [0.2, 0.25) is 5.91 Å². The van der Waals surface area contributed by atoms with E-state index >= 15 is 0 Å². The molecule has 1 unspecified atom stereocenters. The van der Waals surface area contributed by atoms with Gasteiger partial charge in [-0.3, -0.25) is 9.59 Å². The first kappa shape index (κ1) is 24.3. The lowest BCUT2D eigenvalue weighted by Crippen LogP contribution is -2.53. The average molecular weight is 455 g/mol. The Bertz CT molecular complexity index is 960. The van der Waals surface area contributed by atoms with Gasteiger partial charge in [-0.1, -0.05) is 62.4 Å². The quantitative estimate of drug-likeness (QED) is 0.508.